The molecule has 0 aliphatic heterocycles. The van der Waals surface area contributed by atoms with E-state index in [2.05, 4.69) is 20.4 Å². The van der Waals surface area contributed by atoms with Crippen molar-refractivity contribution in [3.8, 4) is 45.8 Å². The van der Waals surface area contributed by atoms with Crippen LogP contribution >= 0.6 is 0 Å². The summed E-state index contributed by atoms with van der Waals surface area (Å²) in [5, 5.41) is 27.3. The van der Waals surface area contributed by atoms with E-state index in [1.54, 1.807) is 24.3 Å². The molecule has 0 atom stereocenters. The highest BCUT2D eigenvalue weighted by atomic mass is 19.1. The molecule has 0 bridgehead atoms. The number of nitro benzene ring substituents is 1. The monoisotopic (exact) mass is 457 g/mol. The van der Waals surface area contributed by atoms with Crippen molar-refractivity contribution in [3.05, 3.63) is 87.7 Å². The van der Waals surface area contributed by atoms with E-state index in [-0.39, 0.29) is 34.7 Å². The predicted octanol–water partition coefficient (Wildman–Crippen LogP) is 5.78. The lowest BCUT2D eigenvalue weighted by molar-refractivity contribution is -0.384. The number of rotatable bonds is 5. The quantitative estimate of drug-likeness (QED) is 0.240. The van der Waals surface area contributed by atoms with Gasteiger partial charge in [0.25, 0.3) is 17.5 Å². The molecule has 34 heavy (non-hydrogen) atoms. The number of hydrogen-bond acceptors (Lipinski definition) is 8. The lowest BCUT2D eigenvalue weighted by Gasteiger charge is -2.03. The highest BCUT2D eigenvalue weighted by molar-refractivity contribution is 5.71. The van der Waals surface area contributed by atoms with Gasteiger partial charge in [-0.15, -0.1) is 20.4 Å². The fourth-order valence-electron chi connectivity index (χ4n) is 3.32. The lowest BCUT2D eigenvalue weighted by atomic mass is 10.1. The highest BCUT2D eigenvalue weighted by Crippen LogP contribution is 2.36. The van der Waals surface area contributed by atoms with Crippen LogP contribution in [-0.2, 0) is 0 Å². The van der Waals surface area contributed by atoms with Gasteiger partial charge < -0.3 is 8.83 Å². The maximum Gasteiger partial charge on any atom is 0.271 e. The Hall–Kier alpha value is -4.73. The topological polar surface area (TPSA) is 121 Å². The van der Waals surface area contributed by atoms with Crippen molar-refractivity contribution in [1.29, 1.82) is 0 Å². The Morgan fingerprint density at radius 3 is 1.47 bits per heavy atom. The van der Waals surface area contributed by atoms with Gasteiger partial charge in [0.15, 0.2) is 0 Å². The van der Waals surface area contributed by atoms with Gasteiger partial charge in [-0.3, -0.25) is 10.1 Å². The first kappa shape index (κ1) is 21.1. The fourth-order valence-corrected chi connectivity index (χ4v) is 3.32. The number of nitro groups is 1. The van der Waals surface area contributed by atoms with Gasteiger partial charge in [-0.1, -0.05) is 35.4 Å². The number of halogens is 1. The number of hydrogen-bond donors (Lipinski definition) is 0. The fraction of sp³-hybridized carbons (Fsp3) is 0.0833. The smallest absolute Gasteiger partial charge is 0.271 e. The van der Waals surface area contributed by atoms with Crippen LogP contribution in [0.25, 0.3) is 45.8 Å². The van der Waals surface area contributed by atoms with Gasteiger partial charge in [0.1, 0.15) is 5.82 Å². The number of aromatic nitrogens is 4. The third-order valence-corrected chi connectivity index (χ3v) is 5.18. The largest absolute Gasteiger partial charge is 0.416 e. The molecule has 0 N–H and O–H groups in total. The van der Waals surface area contributed by atoms with Crippen LogP contribution in [-0.4, -0.2) is 25.3 Å². The Bertz CT molecular complexity index is 1400. The number of non-ortho nitro benzene ring substituents is 1. The number of aryl methyl sites for hydroxylation is 2. The first-order chi connectivity index (χ1) is 16.4. The van der Waals surface area contributed by atoms with Crippen LogP contribution < -0.4 is 0 Å². The number of benzene rings is 3. The van der Waals surface area contributed by atoms with E-state index >= 15 is 4.39 Å². The molecule has 0 fully saturated rings. The SMILES string of the molecule is Cc1ccc(-c2nnc(-c3cc([N+](=O)[O-])cc(-c4nnc(-c5ccc(C)cc5)o4)c3F)o2)cc1. The maximum absolute atomic E-state index is 15.5. The molecule has 0 saturated carbocycles. The molecule has 9 nitrogen and oxygen atoms in total. The molecule has 168 valence electrons. The van der Waals surface area contributed by atoms with Crippen LogP contribution in [0.4, 0.5) is 10.1 Å². The third-order valence-electron chi connectivity index (χ3n) is 5.18. The van der Waals surface area contributed by atoms with Crippen molar-refractivity contribution in [2.24, 2.45) is 0 Å². The molecule has 0 amide bonds. The van der Waals surface area contributed by atoms with Crippen LogP contribution in [0, 0.1) is 29.8 Å². The Kier molecular flexibility index (Phi) is 5.17. The molecule has 0 aliphatic rings. The Balaban J connectivity index is 1.58. The molecule has 0 radical (unpaired) electrons. The summed E-state index contributed by atoms with van der Waals surface area (Å²) in [6.07, 6.45) is 0. The molecular weight excluding hydrogens is 441 g/mol. The first-order valence-electron chi connectivity index (χ1n) is 10.2. The molecular formula is C24H16FN5O4. The van der Waals surface area contributed by atoms with Crippen LogP contribution in [0.15, 0.2) is 69.5 Å². The maximum atomic E-state index is 15.5. The van der Waals surface area contributed by atoms with Crippen molar-refractivity contribution in [1.82, 2.24) is 20.4 Å². The van der Waals surface area contributed by atoms with Gasteiger partial charge in [-0.25, -0.2) is 4.39 Å². The second-order valence-corrected chi connectivity index (χ2v) is 7.67. The summed E-state index contributed by atoms with van der Waals surface area (Å²) < 4.78 is 26.8. The van der Waals surface area contributed by atoms with E-state index in [9.17, 15) is 10.1 Å². The van der Waals surface area contributed by atoms with E-state index in [0.717, 1.165) is 23.3 Å². The zero-order valence-corrected chi connectivity index (χ0v) is 18.0. The summed E-state index contributed by atoms with van der Waals surface area (Å²) in [7, 11) is 0. The normalized spacial score (nSPS) is 11.0. The van der Waals surface area contributed by atoms with E-state index < -0.39 is 16.4 Å². The van der Waals surface area contributed by atoms with Crippen LogP contribution in [0.3, 0.4) is 0 Å². The standard InChI is InChI=1S/C24H16FN5O4/c1-13-3-7-15(8-4-13)21-26-28-23(33-21)18-11-17(30(31)32)12-19(20(18)25)24-29-27-22(34-24)16-9-5-14(2)6-10-16/h3-12H,1-2H3. The molecule has 0 aliphatic carbocycles. The summed E-state index contributed by atoms with van der Waals surface area (Å²) >= 11 is 0. The van der Waals surface area contributed by atoms with Crippen molar-refractivity contribution in [2.75, 3.05) is 0 Å². The molecule has 0 unspecified atom stereocenters. The van der Waals surface area contributed by atoms with Crippen LogP contribution in [0.5, 0.6) is 0 Å². The first-order valence-corrected chi connectivity index (χ1v) is 10.2. The van der Waals surface area contributed by atoms with Gasteiger partial charge in [0, 0.05) is 23.3 Å². The number of nitrogens with zero attached hydrogens (tertiary/aromatic N) is 5. The molecule has 2 aromatic heterocycles. The van der Waals surface area contributed by atoms with E-state index in [1.807, 2.05) is 38.1 Å². The minimum Gasteiger partial charge on any atom is -0.416 e. The predicted molar refractivity (Wildman–Crippen MR) is 120 cm³/mol. The van der Waals surface area contributed by atoms with Crippen molar-refractivity contribution >= 4 is 5.69 Å². The average molecular weight is 457 g/mol. The van der Waals surface area contributed by atoms with Crippen molar-refractivity contribution < 1.29 is 18.1 Å². The summed E-state index contributed by atoms with van der Waals surface area (Å²) in [5.41, 5.74) is 2.47. The Morgan fingerprint density at radius 2 is 1.09 bits per heavy atom. The highest BCUT2D eigenvalue weighted by Gasteiger charge is 2.26. The van der Waals surface area contributed by atoms with Crippen molar-refractivity contribution in [2.45, 2.75) is 13.8 Å². The summed E-state index contributed by atoms with van der Waals surface area (Å²) in [5.74, 6) is -0.972. The molecule has 0 spiro atoms. The third kappa shape index (κ3) is 3.92. The minimum atomic E-state index is -0.858. The molecule has 0 saturated heterocycles. The summed E-state index contributed by atoms with van der Waals surface area (Å²) in [6, 6.07) is 16.7. The van der Waals surface area contributed by atoms with Gasteiger partial charge in [-0.05, 0) is 38.1 Å². The Labute approximate surface area is 192 Å². The van der Waals surface area contributed by atoms with Crippen LogP contribution in [0.1, 0.15) is 11.1 Å². The Morgan fingerprint density at radius 1 is 0.706 bits per heavy atom. The van der Waals surface area contributed by atoms with Gasteiger partial charge in [-0.2, -0.15) is 0 Å². The summed E-state index contributed by atoms with van der Waals surface area (Å²) in [4.78, 5) is 10.9. The molecule has 10 heteroatoms. The molecule has 3 aromatic carbocycles. The van der Waals surface area contributed by atoms with E-state index in [0.29, 0.717) is 11.1 Å². The van der Waals surface area contributed by atoms with E-state index in [1.165, 1.54) is 0 Å². The van der Waals surface area contributed by atoms with Crippen molar-refractivity contribution in [3.63, 3.8) is 0 Å². The molecule has 2 heterocycles. The lowest BCUT2D eigenvalue weighted by Crippen LogP contribution is -1.96. The minimum absolute atomic E-state index is 0.155. The zero-order chi connectivity index (χ0) is 23.8. The van der Waals surface area contributed by atoms with E-state index in [4.69, 9.17) is 8.83 Å². The molecule has 5 aromatic rings. The summed E-state index contributed by atoms with van der Waals surface area (Å²) in [6.45, 7) is 3.87. The second kappa shape index (κ2) is 8.32. The molecule has 5 rings (SSSR count). The van der Waals surface area contributed by atoms with Crippen LogP contribution in [0.2, 0.25) is 0 Å². The van der Waals surface area contributed by atoms with Gasteiger partial charge in [0.05, 0.1) is 16.1 Å². The zero-order valence-electron chi connectivity index (χ0n) is 18.0. The van der Waals surface area contributed by atoms with Gasteiger partial charge in [0.2, 0.25) is 11.8 Å². The average Bonchev–Trinajstić information content (AvgIpc) is 3.51. The second-order valence-electron chi connectivity index (χ2n) is 7.67. The van der Waals surface area contributed by atoms with Gasteiger partial charge >= 0.3 is 0 Å².